The number of amides is 1. The summed E-state index contributed by atoms with van der Waals surface area (Å²) in [6.45, 7) is 7.74. The maximum atomic E-state index is 11.5. The van der Waals surface area contributed by atoms with Crippen LogP contribution in [-0.2, 0) is 11.3 Å². The minimum atomic E-state index is -0.0835. The number of benzene rings is 1. The lowest BCUT2D eigenvalue weighted by Crippen LogP contribution is -2.45. The number of carbonyl (C=O) groups excluding carboxylic acids is 1. The van der Waals surface area contributed by atoms with Crippen molar-refractivity contribution in [2.24, 2.45) is 10.4 Å². The van der Waals surface area contributed by atoms with E-state index in [1.54, 1.807) is 21.2 Å². The Hall–Kier alpha value is -2.08. The molecule has 0 heterocycles. The van der Waals surface area contributed by atoms with E-state index in [4.69, 9.17) is 4.74 Å². The summed E-state index contributed by atoms with van der Waals surface area (Å²) >= 11 is 0. The van der Waals surface area contributed by atoms with Gasteiger partial charge in [0, 0.05) is 39.9 Å². The average molecular weight is 334 g/mol. The molecule has 6 nitrogen and oxygen atoms in total. The van der Waals surface area contributed by atoms with Crippen molar-refractivity contribution in [3.63, 3.8) is 0 Å². The van der Waals surface area contributed by atoms with Crippen molar-refractivity contribution in [2.75, 3.05) is 27.7 Å². The monoisotopic (exact) mass is 334 g/mol. The fourth-order valence-corrected chi connectivity index (χ4v) is 2.26. The average Bonchev–Trinajstić information content (AvgIpc) is 2.56. The molecular weight excluding hydrogens is 304 g/mol. The molecule has 6 heteroatoms. The standard InChI is InChI=1S/C18H30N4O2/c1-18(2,3)15(24-6)12-22-17(20-5)21-11-13-7-9-14(10-8-13)16(23)19-4/h7-10,15H,11-12H2,1-6H3,(H,19,23)(H2,20,21,22). The lowest BCUT2D eigenvalue weighted by atomic mass is 9.89. The van der Waals surface area contributed by atoms with Crippen molar-refractivity contribution in [3.05, 3.63) is 35.4 Å². The first kappa shape index (κ1) is 20.0. The first-order chi connectivity index (χ1) is 11.3. The molecule has 3 N–H and O–H groups in total. The van der Waals surface area contributed by atoms with Gasteiger partial charge in [-0.25, -0.2) is 0 Å². The Morgan fingerprint density at radius 1 is 1.21 bits per heavy atom. The molecule has 1 aromatic rings. The summed E-state index contributed by atoms with van der Waals surface area (Å²) in [4.78, 5) is 15.8. The number of hydrogen-bond donors (Lipinski definition) is 3. The first-order valence-corrected chi connectivity index (χ1v) is 8.10. The molecule has 0 fully saturated rings. The highest BCUT2D eigenvalue weighted by molar-refractivity contribution is 5.93. The van der Waals surface area contributed by atoms with E-state index in [-0.39, 0.29) is 17.4 Å². The molecule has 0 saturated carbocycles. The summed E-state index contributed by atoms with van der Waals surface area (Å²) in [7, 11) is 5.09. The van der Waals surface area contributed by atoms with Crippen LogP contribution in [0.3, 0.4) is 0 Å². The van der Waals surface area contributed by atoms with Crippen molar-refractivity contribution in [1.82, 2.24) is 16.0 Å². The summed E-state index contributed by atoms with van der Waals surface area (Å²) in [5.74, 6) is 0.636. The summed E-state index contributed by atoms with van der Waals surface area (Å²) in [6.07, 6.45) is 0.0860. The highest BCUT2D eigenvalue weighted by atomic mass is 16.5. The van der Waals surface area contributed by atoms with Crippen LogP contribution < -0.4 is 16.0 Å². The Morgan fingerprint density at radius 2 is 1.83 bits per heavy atom. The molecule has 1 amide bonds. The van der Waals surface area contributed by atoms with Crippen LogP contribution >= 0.6 is 0 Å². The predicted octanol–water partition coefficient (Wildman–Crippen LogP) is 1.77. The van der Waals surface area contributed by atoms with Crippen molar-refractivity contribution in [3.8, 4) is 0 Å². The number of aliphatic imine (C=N–C) groups is 1. The van der Waals surface area contributed by atoms with Crippen LogP contribution in [0.1, 0.15) is 36.7 Å². The molecule has 1 aromatic carbocycles. The molecule has 0 aliphatic carbocycles. The maximum absolute atomic E-state index is 11.5. The zero-order chi connectivity index (χ0) is 18.2. The maximum Gasteiger partial charge on any atom is 0.251 e. The van der Waals surface area contributed by atoms with Crippen molar-refractivity contribution >= 4 is 11.9 Å². The number of nitrogens with one attached hydrogen (secondary N) is 3. The molecule has 1 atom stereocenters. The molecule has 1 rings (SSSR count). The van der Waals surface area contributed by atoms with Gasteiger partial charge in [0.1, 0.15) is 0 Å². The molecule has 1 unspecified atom stereocenters. The van der Waals surface area contributed by atoms with Gasteiger partial charge in [0.25, 0.3) is 5.91 Å². The van der Waals surface area contributed by atoms with E-state index in [1.807, 2.05) is 24.3 Å². The largest absolute Gasteiger partial charge is 0.379 e. The Bertz CT molecular complexity index is 547. The predicted molar refractivity (Wildman–Crippen MR) is 98.3 cm³/mol. The number of guanidine groups is 1. The van der Waals surface area contributed by atoms with Crippen molar-refractivity contribution in [1.29, 1.82) is 0 Å². The molecular formula is C18H30N4O2. The number of ether oxygens (including phenoxy) is 1. The van der Waals surface area contributed by atoms with Crippen LogP contribution in [-0.4, -0.2) is 45.7 Å². The Morgan fingerprint density at radius 3 is 2.29 bits per heavy atom. The third-order valence-corrected chi connectivity index (χ3v) is 3.83. The second kappa shape index (κ2) is 9.27. The minimum absolute atomic E-state index is 0.0519. The molecule has 0 aliphatic rings. The van der Waals surface area contributed by atoms with Crippen LogP contribution in [0, 0.1) is 5.41 Å². The minimum Gasteiger partial charge on any atom is -0.379 e. The van der Waals surface area contributed by atoms with Gasteiger partial charge in [0.05, 0.1) is 6.10 Å². The van der Waals surface area contributed by atoms with E-state index in [1.165, 1.54) is 0 Å². The van der Waals surface area contributed by atoms with Gasteiger partial charge < -0.3 is 20.7 Å². The third kappa shape index (κ3) is 6.20. The quantitative estimate of drug-likeness (QED) is 0.547. The van der Waals surface area contributed by atoms with Crippen molar-refractivity contribution in [2.45, 2.75) is 33.4 Å². The van der Waals surface area contributed by atoms with Gasteiger partial charge in [-0.1, -0.05) is 32.9 Å². The summed E-state index contributed by atoms with van der Waals surface area (Å²) in [6, 6.07) is 7.48. The zero-order valence-electron chi connectivity index (χ0n) is 15.6. The van der Waals surface area contributed by atoms with Crippen molar-refractivity contribution < 1.29 is 9.53 Å². The summed E-state index contributed by atoms with van der Waals surface area (Å²) in [5, 5.41) is 9.16. The molecule has 0 aliphatic heterocycles. The highest BCUT2D eigenvalue weighted by Crippen LogP contribution is 2.20. The molecule has 0 radical (unpaired) electrons. The van der Waals surface area contributed by atoms with Gasteiger partial charge in [-0.2, -0.15) is 0 Å². The number of rotatable bonds is 6. The smallest absolute Gasteiger partial charge is 0.251 e. The summed E-state index contributed by atoms with van der Waals surface area (Å²) < 4.78 is 5.54. The molecule has 0 saturated heterocycles. The summed E-state index contributed by atoms with van der Waals surface area (Å²) in [5.41, 5.74) is 1.78. The molecule has 24 heavy (non-hydrogen) atoms. The second-order valence-corrected chi connectivity index (χ2v) is 6.67. The number of carbonyl (C=O) groups is 1. The van der Waals surface area contributed by atoms with Gasteiger partial charge in [-0.05, 0) is 23.1 Å². The van der Waals surface area contributed by atoms with Gasteiger partial charge in [0.2, 0.25) is 0 Å². The van der Waals surface area contributed by atoms with E-state index in [0.717, 1.165) is 11.5 Å². The number of methoxy groups -OCH3 is 1. The molecule has 134 valence electrons. The van der Waals surface area contributed by atoms with Crippen LogP contribution in [0.4, 0.5) is 0 Å². The first-order valence-electron chi connectivity index (χ1n) is 8.10. The molecule has 0 spiro atoms. The van der Waals surface area contributed by atoms with Gasteiger partial charge in [0.15, 0.2) is 5.96 Å². The second-order valence-electron chi connectivity index (χ2n) is 6.67. The van der Waals surface area contributed by atoms with Gasteiger partial charge in [-0.3, -0.25) is 9.79 Å². The van der Waals surface area contributed by atoms with E-state index in [9.17, 15) is 4.79 Å². The van der Waals surface area contributed by atoms with E-state index >= 15 is 0 Å². The lowest BCUT2D eigenvalue weighted by molar-refractivity contribution is 0.0205. The molecule has 0 aromatic heterocycles. The van der Waals surface area contributed by atoms with E-state index in [2.05, 4.69) is 41.7 Å². The fraction of sp³-hybridized carbons (Fsp3) is 0.556. The SMILES string of the molecule is CN=C(NCc1ccc(C(=O)NC)cc1)NCC(OC)C(C)(C)C. The zero-order valence-corrected chi connectivity index (χ0v) is 15.6. The topological polar surface area (TPSA) is 74.8 Å². The van der Waals surface area contributed by atoms with E-state index in [0.29, 0.717) is 18.7 Å². The third-order valence-electron chi connectivity index (χ3n) is 3.83. The van der Waals surface area contributed by atoms with Crippen LogP contribution in [0.15, 0.2) is 29.3 Å². The Kier molecular flexibility index (Phi) is 7.71. The Labute approximate surface area is 145 Å². The number of hydrogen-bond acceptors (Lipinski definition) is 3. The lowest BCUT2D eigenvalue weighted by Gasteiger charge is -2.30. The van der Waals surface area contributed by atoms with Gasteiger partial charge in [-0.15, -0.1) is 0 Å². The van der Waals surface area contributed by atoms with Crippen LogP contribution in [0.25, 0.3) is 0 Å². The van der Waals surface area contributed by atoms with Crippen LogP contribution in [0.5, 0.6) is 0 Å². The van der Waals surface area contributed by atoms with Gasteiger partial charge >= 0.3 is 0 Å². The normalized spacial score (nSPS) is 13.3. The molecule has 0 bridgehead atoms. The Balaban J connectivity index is 2.53. The van der Waals surface area contributed by atoms with Crippen LogP contribution in [0.2, 0.25) is 0 Å². The fourth-order valence-electron chi connectivity index (χ4n) is 2.26. The number of nitrogens with zero attached hydrogens (tertiary/aromatic N) is 1. The highest BCUT2D eigenvalue weighted by Gasteiger charge is 2.24. The van der Waals surface area contributed by atoms with E-state index < -0.39 is 0 Å².